The van der Waals surface area contributed by atoms with Crippen LogP contribution in [0.4, 0.5) is 21.5 Å². The molecule has 0 spiro atoms. The number of aromatic carboxylic acids is 1. The first-order chi connectivity index (χ1) is 19.4. The molecule has 1 aliphatic carbocycles. The molecule has 40 heavy (non-hydrogen) atoms. The molecule has 3 heterocycles. The molecule has 9 nitrogen and oxygen atoms in total. The predicted molar refractivity (Wildman–Crippen MR) is 150 cm³/mol. The Labute approximate surface area is 229 Å². The fourth-order valence-electron chi connectivity index (χ4n) is 5.32. The van der Waals surface area contributed by atoms with E-state index < -0.39 is 17.2 Å². The maximum atomic E-state index is 15.3. The van der Waals surface area contributed by atoms with Crippen LogP contribution in [0.25, 0.3) is 10.9 Å². The van der Waals surface area contributed by atoms with Gasteiger partial charge in [0, 0.05) is 61.9 Å². The number of piperazine rings is 1. The van der Waals surface area contributed by atoms with Gasteiger partial charge in [-0.05, 0) is 49.2 Å². The van der Waals surface area contributed by atoms with Gasteiger partial charge >= 0.3 is 5.97 Å². The Morgan fingerprint density at radius 1 is 0.975 bits per heavy atom. The van der Waals surface area contributed by atoms with E-state index in [-0.39, 0.29) is 29.4 Å². The van der Waals surface area contributed by atoms with Crippen molar-refractivity contribution in [2.75, 3.05) is 42.5 Å². The summed E-state index contributed by atoms with van der Waals surface area (Å²) in [5, 5.41) is 9.56. The number of anilines is 3. The van der Waals surface area contributed by atoms with Crippen molar-refractivity contribution >= 4 is 39.8 Å². The minimum Gasteiger partial charge on any atom is -0.477 e. The molecular weight excluding hydrogens is 513 g/mol. The molecule has 6 rings (SSSR count). The molecule has 2 aliphatic rings. The third-order valence-corrected chi connectivity index (χ3v) is 7.53. The number of carboxylic acids is 1. The third kappa shape index (κ3) is 4.93. The molecule has 1 N–H and O–H groups in total. The molecule has 1 saturated carbocycles. The van der Waals surface area contributed by atoms with E-state index in [2.05, 4.69) is 4.98 Å². The van der Waals surface area contributed by atoms with Crippen LogP contribution in [-0.4, -0.2) is 64.2 Å². The van der Waals surface area contributed by atoms with E-state index in [4.69, 9.17) is 0 Å². The molecule has 0 unspecified atom stereocenters. The molecule has 0 bridgehead atoms. The largest absolute Gasteiger partial charge is 0.477 e. The number of carboxylic acid groups (broad SMARTS) is 1. The minimum atomic E-state index is -1.31. The Kier molecular flexibility index (Phi) is 6.77. The van der Waals surface area contributed by atoms with E-state index in [1.165, 1.54) is 12.3 Å². The summed E-state index contributed by atoms with van der Waals surface area (Å²) in [6.45, 7) is 2.30. The number of pyridine rings is 2. The SMILES string of the molecule is O=C(O)c1cn(C2CC2)c2cc(N3CCN(CC(=O)N(c4ccccc4)c4ccncc4)CC3)c(F)cc2c1=O. The summed E-state index contributed by atoms with van der Waals surface area (Å²) in [5.74, 6) is -1.96. The van der Waals surface area contributed by atoms with E-state index >= 15 is 4.39 Å². The number of carbonyl (C=O) groups is 2. The average molecular weight is 542 g/mol. The van der Waals surface area contributed by atoms with Gasteiger partial charge in [-0.2, -0.15) is 0 Å². The molecule has 204 valence electrons. The van der Waals surface area contributed by atoms with Gasteiger partial charge in [0.15, 0.2) is 0 Å². The summed E-state index contributed by atoms with van der Waals surface area (Å²) in [7, 11) is 0. The van der Waals surface area contributed by atoms with E-state index in [1.54, 1.807) is 40.1 Å². The lowest BCUT2D eigenvalue weighted by Gasteiger charge is -2.37. The lowest BCUT2D eigenvalue weighted by atomic mass is 10.1. The Hall–Kier alpha value is -4.57. The monoisotopic (exact) mass is 541 g/mol. The second-order valence-electron chi connectivity index (χ2n) is 10.2. The highest BCUT2D eigenvalue weighted by Gasteiger charge is 2.29. The fourth-order valence-corrected chi connectivity index (χ4v) is 5.32. The van der Waals surface area contributed by atoms with Crippen molar-refractivity contribution in [1.29, 1.82) is 0 Å². The molecule has 0 atom stereocenters. The normalized spacial score (nSPS) is 15.8. The van der Waals surface area contributed by atoms with Crippen LogP contribution in [0.1, 0.15) is 29.2 Å². The van der Waals surface area contributed by atoms with Gasteiger partial charge in [0.2, 0.25) is 11.3 Å². The number of hydrogen-bond donors (Lipinski definition) is 1. The van der Waals surface area contributed by atoms with Crippen LogP contribution in [0.2, 0.25) is 0 Å². The van der Waals surface area contributed by atoms with Crippen molar-refractivity contribution in [1.82, 2.24) is 14.5 Å². The van der Waals surface area contributed by atoms with Crippen molar-refractivity contribution in [3.63, 3.8) is 0 Å². The quantitative estimate of drug-likeness (QED) is 0.377. The van der Waals surface area contributed by atoms with E-state index in [0.29, 0.717) is 37.4 Å². The summed E-state index contributed by atoms with van der Waals surface area (Å²) < 4.78 is 17.1. The van der Waals surface area contributed by atoms with Crippen molar-refractivity contribution < 1.29 is 19.1 Å². The number of rotatable bonds is 7. The average Bonchev–Trinajstić information content (AvgIpc) is 3.80. The van der Waals surface area contributed by atoms with E-state index in [0.717, 1.165) is 24.2 Å². The standard InChI is InChI=1S/C30H28FN5O4/c31-25-16-23-26(35(20-6-7-20)18-24(29(23)38)30(39)40)17-27(25)34-14-12-33(13-15-34)19-28(37)36(21-4-2-1-3-5-21)22-8-10-32-11-9-22/h1-5,8-11,16-18,20H,6-7,12-15,19H2,(H,39,40). The topological polar surface area (TPSA) is 99.0 Å². The van der Waals surface area contributed by atoms with Crippen LogP contribution >= 0.6 is 0 Å². The second kappa shape index (κ2) is 10.5. The van der Waals surface area contributed by atoms with Gasteiger partial charge < -0.3 is 14.6 Å². The third-order valence-electron chi connectivity index (χ3n) is 7.53. The number of amides is 1. The highest BCUT2D eigenvalue weighted by Crippen LogP contribution is 2.38. The highest BCUT2D eigenvalue weighted by molar-refractivity contribution is 6.01. The zero-order valence-corrected chi connectivity index (χ0v) is 21.7. The van der Waals surface area contributed by atoms with Crippen LogP contribution in [0.5, 0.6) is 0 Å². The molecule has 2 aromatic carbocycles. The van der Waals surface area contributed by atoms with E-state index in [1.807, 2.05) is 40.1 Å². The number of aromatic nitrogens is 2. The Morgan fingerprint density at radius 3 is 2.30 bits per heavy atom. The number of halogens is 1. The van der Waals surface area contributed by atoms with Gasteiger partial charge in [0.25, 0.3) is 0 Å². The Balaban J connectivity index is 1.21. The van der Waals surface area contributed by atoms with Gasteiger partial charge in [-0.3, -0.25) is 24.4 Å². The first kappa shape index (κ1) is 25.7. The van der Waals surface area contributed by atoms with Gasteiger partial charge in [0.05, 0.1) is 23.4 Å². The van der Waals surface area contributed by atoms with Gasteiger partial charge in [-0.1, -0.05) is 18.2 Å². The number of nitrogens with zero attached hydrogens (tertiary/aromatic N) is 5. The minimum absolute atomic E-state index is 0.0781. The number of fused-ring (bicyclic) bond motifs is 1. The first-order valence-electron chi connectivity index (χ1n) is 13.3. The maximum Gasteiger partial charge on any atom is 0.341 e. The summed E-state index contributed by atoms with van der Waals surface area (Å²) in [6, 6.07) is 16.0. The smallest absolute Gasteiger partial charge is 0.341 e. The van der Waals surface area contributed by atoms with Crippen LogP contribution in [0.3, 0.4) is 0 Å². The molecule has 1 saturated heterocycles. The van der Waals surface area contributed by atoms with Crippen molar-refractivity contribution in [2.45, 2.75) is 18.9 Å². The molecule has 4 aromatic rings. The lowest BCUT2D eigenvalue weighted by molar-refractivity contribution is -0.119. The summed E-state index contributed by atoms with van der Waals surface area (Å²) in [4.78, 5) is 47.6. The van der Waals surface area contributed by atoms with Gasteiger partial charge in [-0.25, -0.2) is 9.18 Å². The fraction of sp³-hybridized carbons (Fsp3) is 0.267. The predicted octanol–water partition coefficient (Wildman–Crippen LogP) is 4.06. The zero-order valence-electron chi connectivity index (χ0n) is 21.7. The van der Waals surface area contributed by atoms with Crippen LogP contribution < -0.4 is 15.2 Å². The summed E-state index contributed by atoms with van der Waals surface area (Å²) in [6.07, 6.45) is 6.46. The molecule has 0 radical (unpaired) electrons. The molecular formula is C30H28FN5O4. The first-order valence-corrected chi connectivity index (χ1v) is 13.3. The molecule has 10 heteroatoms. The van der Waals surface area contributed by atoms with Crippen molar-refractivity contribution in [3.05, 3.63) is 94.8 Å². The molecule has 2 fully saturated rings. The number of benzene rings is 2. The second-order valence-corrected chi connectivity index (χ2v) is 10.2. The Morgan fingerprint density at radius 2 is 1.65 bits per heavy atom. The van der Waals surface area contributed by atoms with E-state index in [9.17, 15) is 19.5 Å². The molecule has 1 aliphatic heterocycles. The lowest BCUT2D eigenvalue weighted by Crippen LogP contribution is -2.50. The number of carbonyl (C=O) groups excluding carboxylic acids is 1. The molecule has 2 aromatic heterocycles. The van der Waals surface area contributed by atoms with Crippen LogP contribution in [0, 0.1) is 5.82 Å². The number of para-hydroxylation sites is 1. The number of hydrogen-bond acceptors (Lipinski definition) is 6. The summed E-state index contributed by atoms with van der Waals surface area (Å²) in [5.41, 5.74) is 1.39. The maximum absolute atomic E-state index is 15.3. The van der Waals surface area contributed by atoms with Gasteiger partial charge in [0.1, 0.15) is 11.4 Å². The van der Waals surface area contributed by atoms with Crippen molar-refractivity contribution in [3.8, 4) is 0 Å². The van der Waals surface area contributed by atoms with Gasteiger partial charge in [-0.15, -0.1) is 0 Å². The van der Waals surface area contributed by atoms with Crippen molar-refractivity contribution in [2.24, 2.45) is 0 Å². The highest BCUT2D eigenvalue weighted by atomic mass is 19.1. The van der Waals surface area contributed by atoms with Crippen LogP contribution in [0.15, 0.2) is 78.0 Å². The summed E-state index contributed by atoms with van der Waals surface area (Å²) >= 11 is 0. The Bertz CT molecular complexity index is 1590. The zero-order chi connectivity index (χ0) is 27.8. The molecule has 1 amide bonds. The van der Waals surface area contributed by atoms with Crippen LogP contribution in [-0.2, 0) is 4.79 Å².